The minimum absolute atomic E-state index is 0.0104. The van der Waals surface area contributed by atoms with Gasteiger partial charge in [0.25, 0.3) is 0 Å². The maximum Gasteiger partial charge on any atom is 0.220 e. The molecule has 176 valence electrons. The molecule has 1 aromatic heterocycles. The van der Waals surface area contributed by atoms with E-state index in [9.17, 15) is 9.18 Å². The molecule has 0 atom stereocenters. The van der Waals surface area contributed by atoms with Crippen molar-refractivity contribution in [1.82, 2.24) is 20.1 Å². The Morgan fingerprint density at radius 1 is 1.06 bits per heavy atom. The molecule has 0 aliphatic heterocycles. The van der Waals surface area contributed by atoms with Gasteiger partial charge in [0.2, 0.25) is 5.91 Å². The van der Waals surface area contributed by atoms with Gasteiger partial charge in [0.1, 0.15) is 5.82 Å². The van der Waals surface area contributed by atoms with Gasteiger partial charge in [0.05, 0.1) is 17.3 Å². The lowest BCUT2D eigenvalue weighted by Gasteiger charge is -2.13. The summed E-state index contributed by atoms with van der Waals surface area (Å²) in [6.45, 7) is 2.40. The van der Waals surface area contributed by atoms with Gasteiger partial charge in [0, 0.05) is 17.2 Å². The van der Waals surface area contributed by atoms with Crippen LogP contribution in [0.2, 0.25) is 10.0 Å². The Labute approximate surface area is 208 Å². The Morgan fingerprint density at radius 2 is 1.82 bits per heavy atom. The van der Waals surface area contributed by atoms with Gasteiger partial charge in [-0.15, -0.1) is 10.2 Å². The third-order valence-corrected chi connectivity index (χ3v) is 6.62. The third kappa shape index (κ3) is 7.73. The van der Waals surface area contributed by atoms with Crippen molar-refractivity contribution < 1.29 is 9.18 Å². The maximum atomic E-state index is 13.2. The smallest absolute Gasteiger partial charge is 0.220 e. The molecule has 3 rings (SSSR count). The number of nitrogens with one attached hydrogen (secondary N) is 1. The topological polar surface area (TPSA) is 59.8 Å². The van der Waals surface area contributed by atoms with E-state index in [0.29, 0.717) is 38.9 Å². The van der Waals surface area contributed by atoms with Crippen molar-refractivity contribution in [2.45, 2.75) is 62.9 Å². The van der Waals surface area contributed by atoms with E-state index in [-0.39, 0.29) is 18.3 Å². The molecule has 9 heteroatoms. The number of carbonyl (C=O) groups excluding carboxylic acids is 1. The second-order valence-electron chi connectivity index (χ2n) is 7.69. The molecule has 3 aromatic rings. The summed E-state index contributed by atoms with van der Waals surface area (Å²) in [5.74, 6) is 0.862. The van der Waals surface area contributed by atoms with Gasteiger partial charge in [-0.05, 0) is 42.3 Å². The fourth-order valence-corrected chi connectivity index (χ4v) is 4.71. The predicted octanol–water partition coefficient (Wildman–Crippen LogP) is 6.98. The van der Waals surface area contributed by atoms with Gasteiger partial charge < -0.3 is 5.32 Å². The van der Waals surface area contributed by atoms with Crippen LogP contribution in [0, 0.1) is 5.82 Å². The third-order valence-electron chi connectivity index (χ3n) is 5.08. The first-order valence-electron chi connectivity index (χ1n) is 11.0. The number of nitrogens with zero attached hydrogens (tertiary/aromatic N) is 3. The van der Waals surface area contributed by atoms with Crippen LogP contribution in [0.3, 0.4) is 0 Å². The Hall–Kier alpha value is -2.09. The van der Waals surface area contributed by atoms with E-state index >= 15 is 0 Å². The highest BCUT2D eigenvalue weighted by Gasteiger charge is 2.18. The van der Waals surface area contributed by atoms with Crippen LogP contribution in [-0.4, -0.2) is 20.7 Å². The van der Waals surface area contributed by atoms with Gasteiger partial charge in [0.15, 0.2) is 11.0 Å². The van der Waals surface area contributed by atoms with Crippen LogP contribution in [0.4, 0.5) is 4.39 Å². The van der Waals surface area contributed by atoms with Gasteiger partial charge in [-0.25, -0.2) is 4.39 Å². The van der Waals surface area contributed by atoms with Crippen LogP contribution in [0.5, 0.6) is 0 Å². The molecular weight excluding hydrogens is 482 g/mol. The highest BCUT2D eigenvalue weighted by Crippen LogP contribution is 2.30. The lowest BCUT2D eigenvalue weighted by atomic mass is 10.1. The first-order valence-corrected chi connectivity index (χ1v) is 12.8. The van der Waals surface area contributed by atoms with Crippen molar-refractivity contribution >= 4 is 40.9 Å². The molecule has 0 aliphatic rings. The monoisotopic (exact) mass is 508 g/mol. The minimum Gasteiger partial charge on any atom is -0.349 e. The second-order valence-corrected chi connectivity index (χ2v) is 9.47. The Morgan fingerprint density at radius 3 is 2.55 bits per heavy atom. The number of amides is 1. The summed E-state index contributed by atoms with van der Waals surface area (Å²) in [6.07, 6.45) is 5.96. The van der Waals surface area contributed by atoms with Gasteiger partial charge in [-0.2, -0.15) is 0 Å². The van der Waals surface area contributed by atoms with Crippen molar-refractivity contribution in [2.75, 3.05) is 0 Å². The Bertz CT molecular complexity index is 1060. The fraction of sp³-hybridized carbons (Fsp3) is 0.375. The summed E-state index contributed by atoms with van der Waals surface area (Å²) in [5.41, 5.74) is 1.63. The quantitative estimate of drug-likeness (QED) is 0.211. The molecule has 0 bridgehead atoms. The van der Waals surface area contributed by atoms with Crippen LogP contribution in [-0.2, 0) is 17.1 Å². The number of unbranched alkanes of at least 4 members (excludes halogenated alkanes) is 4. The van der Waals surface area contributed by atoms with E-state index < -0.39 is 0 Å². The zero-order valence-electron chi connectivity index (χ0n) is 18.5. The molecule has 0 aliphatic carbocycles. The van der Waals surface area contributed by atoms with Gasteiger partial charge >= 0.3 is 0 Å². The molecular formula is C24H27Cl2FN4OS. The second kappa shape index (κ2) is 13.0. The molecule has 1 heterocycles. The zero-order valence-corrected chi connectivity index (χ0v) is 20.8. The average molecular weight is 509 g/mol. The summed E-state index contributed by atoms with van der Waals surface area (Å²) in [7, 11) is 0. The van der Waals surface area contributed by atoms with Crippen molar-refractivity contribution in [3.8, 4) is 5.69 Å². The lowest BCUT2D eigenvalue weighted by molar-refractivity contribution is -0.121. The summed E-state index contributed by atoms with van der Waals surface area (Å²) < 4.78 is 15.0. The SMILES string of the molecule is CCCCCCCC(=O)NCc1nnc(SCc2ccc(F)cc2)n1-c1ccc(Cl)cc1Cl. The average Bonchev–Trinajstić information content (AvgIpc) is 3.19. The Kier molecular flexibility index (Phi) is 10.0. The molecule has 0 unspecified atom stereocenters. The largest absolute Gasteiger partial charge is 0.349 e. The van der Waals surface area contributed by atoms with Crippen LogP contribution < -0.4 is 5.32 Å². The van der Waals surface area contributed by atoms with E-state index in [2.05, 4.69) is 22.4 Å². The molecule has 2 aromatic carbocycles. The van der Waals surface area contributed by atoms with E-state index in [0.717, 1.165) is 24.8 Å². The highest BCUT2D eigenvalue weighted by molar-refractivity contribution is 7.98. The molecule has 1 N–H and O–H groups in total. The number of thioether (sulfide) groups is 1. The number of hydrogen-bond acceptors (Lipinski definition) is 4. The van der Waals surface area contributed by atoms with E-state index in [1.807, 2.05) is 4.57 Å². The minimum atomic E-state index is -0.275. The van der Waals surface area contributed by atoms with Crippen molar-refractivity contribution in [3.63, 3.8) is 0 Å². The predicted molar refractivity (Wildman–Crippen MR) is 133 cm³/mol. The Balaban J connectivity index is 1.73. The molecule has 0 saturated carbocycles. The molecule has 5 nitrogen and oxygen atoms in total. The summed E-state index contributed by atoms with van der Waals surface area (Å²) in [4.78, 5) is 12.3. The molecule has 0 fully saturated rings. The first kappa shape index (κ1) is 25.5. The lowest BCUT2D eigenvalue weighted by Crippen LogP contribution is -2.24. The van der Waals surface area contributed by atoms with E-state index in [4.69, 9.17) is 23.2 Å². The highest BCUT2D eigenvalue weighted by atomic mass is 35.5. The molecule has 33 heavy (non-hydrogen) atoms. The number of hydrogen-bond donors (Lipinski definition) is 1. The van der Waals surface area contributed by atoms with Crippen molar-refractivity contribution in [2.24, 2.45) is 0 Å². The molecule has 1 amide bonds. The normalized spacial score (nSPS) is 11.0. The van der Waals surface area contributed by atoms with Crippen LogP contribution in [0.15, 0.2) is 47.6 Å². The number of benzene rings is 2. The molecule has 0 saturated heterocycles. The fourth-order valence-electron chi connectivity index (χ4n) is 3.30. The molecule has 0 radical (unpaired) electrons. The maximum absolute atomic E-state index is 13.2. The van der Waals surface area contributed by atoms with E-state index in [1.54, 1.807) is 30.3 Å². The van der Waals surface area contributed by atoms with Crippen LogP contribution in [0.1, 0.15) is 56.8 Å². The number of halogens is 3. The van der Waals surface area contributed by atoms with Crippen LogP contribution in [0.25, 0.3) is 5.69 Å². The number of rotatable bonds is 12. The standard InChI is InChI=1S/C24H27Cl2FN4OS/c1-2-3-4-5-6-7-23(32)28-15-22-29-30-24(33-16-17-8-11-19(27)12-9-17)31(22)21-13-10-18(25)14-20(21)26/h8-14H,2-7,15-16H2,1H3,(H,28,32). The van der Waals surface area contributed by atoms with E-state index in [1.165, 1.54) is 36.7 Å². The first-order chi connectivity index (χ1) is 16.0. The van der Waals surface area contributed by atoms with Crippen LogP contribution >= 0.6 is 35.0 Å². The molecule has 0 spiro atoms. The summed E-state index contributed by atoms with van der Waals surface area (Å²) in [5, 5.41) is 13.2. The van der Waals surface area contributed by atoms with Gasteiger partial charge in [-0.3, -0.25) is 9.36 Å². The zero-order chi connectivity index (χ0) is 23.6. The number of carbonyl (C=O) groups is 1. The summed E-state index contributed by atoms with van der Waals surface area (Å²) >= 11 is 14.0. The van der Waals surface area contributed by atoms with Gasteiger partial charge in [-0.1, -0.05) is 79.7 Å². The number of aromatic nitrogens is 3. The van der Waals surface area contributed by atoms with Crippen molar-refractivity contribution in [1.29, 1.82) is 0 Å². The van der Waals surface area contributed by atoms with Crippen molar-refractivity contribution in [3.05, 3.63) is 69.7 Å². The summed E-state index contributed by atoms with van der Waals surface area (Å²) in [6, 6.07) is 11.5.